The fraction of sp³-hybridized carbons (Fsp3) is 0.529. The van der Waals surface area contributed by atoms with Gasteiger partial charge in [-0.25, -0.2) is 0 Å². The van der Waals surface area contributed by atoms with E-state index >= 15 is 0 Å². The summed E-state index contributed by atoms with van der Waals surface area (Å²) in [4.78, 5) is 23.1. The Morgan fingerprint density at radius 1 is 1.32 bits per heavy atom. The minimum atomic E-state index is -0.771. The molecule has 0 unspecified atom stereocenters. The molecule has 0 aromatic heterocycles. The van der Waals surface area contributed by atoms with Crippen LogP contribution >= 0.6 is 0 Å². The van der Waals surface area contributed by atoms with Crippen molar-refractivity contribution in [2.45, 2.75) is 51.7 Å². The number of ether oxygens (including phenoxy) is 1. The molecule has 1 amide bonds. The maximum Gasteiger partial charge on any atom is 0.306 e. The van der Waals surface area contributed by atoms with Crippen molar-refractivity contribution < 1.29 is 19.4 Å². The Kier molecular flexibility index (Phi) is 5.41. The highest BCUT2D eigenvalue weighted by Crippen LogP contribution is 2.26. The van der Waals surface area contributed by atoms with E-state index in [-0.39, 0.29) is 30.4 Å². The molecule has 2 N–H and O–H groups in total. The van der Waals surface area contributed by atoms with E-state index in [0.29, 0.717) is 12.8 Å². The number of rotatable bonds is 6. The lowest BCUT2D eigenvalue weighted by atomic mass is 10.1. The minimum Gasteiger partial charge on any atom is -0.491 e. The van der Waals surface area contributed by atoms with Crippen molar-refractivity contribution in [1.82, 2.24) is 5.32 Å². The molecule has 1 aromatic rings. The van der Waals surface area contributed by atoms with Crippen molar-refractivity contribution in [3.63, 3.8) is 0 Å². The summed E-state index contributed by atoms with van der Waals surface area (Å²) in [5.41, 5.74) is 0.849. The number of carbonyl (C=O) groups is 2. The number of para-hydroxylation sites is 1. The van der Waals surface area contributed by atoms with Gasteiger partial charge >= 0.3 is 5.97 Å². The molecular weight excluding hydrogens is 282 g/mol. The van der Waals surface area contributed by atoms with Gasteiger partial charge in [-0.1, -0.05) is 18.2 Å². The largest absolute Gasteiger partial charge is 0.491 e. The SMILES string of the molecule is CC(C)Oc1ccccc1CC(=O)N[C@@H]1CC[C@H](C(=O)O)C1. The number of carboxylic acid groups (broad SMARTS) is 1. The van der Waals surface area contributed by atoms with Crippen molar-refractivity contribution in [2.75, 3.05) is 0 Å². The first-order chi connectivity index (χ1) is 10.5. The third-order valence-corrected chi connectivity index (χ3v) is 3.83. The molecule has 2 atom stereocenters. The van der Waals surface area contributed by atoms with Crippen LogP contribution in [0.25, 0.3) is 0 Å². The van der Waals surface area contributed by atoms with Crippen LogP contribution in [-0.2, 0) is 16.0 Å². The van der Waals surface area contributed by atoms with Crippen LogP contribution in [0.4, 0.5) is 0 Å². The minimum absolute atomic E-state index is 0.0354. The average molecular weight is 305 g/mol. The molecule has 22 heavy (non-hydrogen) atoms. The first kappa shape index (κ1) is 16.3. The first-order valence-corrected chi connectivity index (χ1v) is 7.72. The molecule has 0 spiro atoms. The van der Waals surface area contributed by atoms with Gasteiger partial charge in [-0.05, 0) is 39.2 Å². The quantitative estimate of drug-likeness (QED) is 0.846. The maximum absolute atomic E-state index is 12.2. The lowest BCUT2D eigenvalue weighted by Crippen LogP contribution is -2.34. The highest BCUT2D eigenvalue weighted by molar-refractivity contribution is 5.80. The standard InChI is InChI=1S/C17H23NO4/c1-11(2)22-15-6-4-3-5-12(15)10-16(19)18-14-8-7-13(9-14)17(20)21/h3-6,11,13-14H,7-10H2,1-2H3,(H,18,19)(H,20,21)/t13-,14+/m0/s1. The lowest BCUT2D eigenvalue weighted by Gasteiger charge is -2.16. The van der Waals surface area contributed by atoms with Crippen molar-refractivity contribution in [3.8, 4) is 5.75 Å². The number of carbonyl (C=O) groups excluding carboxylic acids is 1. The highest BCUT2D eigenvalue weighted by atomic mass is 16.5. The summed E-state index contributed by atoms with van der Waals surface area (Å²) in [6, 6.07) is 7.47. The van der Waals surface area contributed by atoms with Crippen molar-refractivity contribution in [3.05, 3.63) is 29.8 Å². The fourth-order valence-corrected chi connectivity index (χ4v) is 2.81. The van der Waals surface area contributed by atoms with Gasteiger partial charge in [0.1, 0.15) is 5.75 Å². The van der Waals surface area contributed by atoms with Crippen LogP contribution in [0.3, 0.4) is 0 Å². The van der Waals surface area contributed by atoms with Crippen LogP contribution in [0.5, 0.6) is 5.75 Å². The van der Waals surface area contributed by atoms with E-state index in [1.807, 2.05) is 38.1 Å². The number of amides is 1. The van der Waals surface area contributed by atoms with Gasteiger partial charge in [-0.15, -0.1) is 0 Å². The summed E-state index contributed by atoms with van der Waals surface area (Å²) in [6.45, 7) is 3.89. The predicted octanol–water partition coefficient (Wildman–Crippen LogP) is 2.39. The van der Waals surface area contributed by atoms with Gasteiger partial charge in [0.05, 0.1) is 18.4 Å². The Labute approximate surface area is 130 Å². The Bertz CT molecular complexity index is 541. The zero-order valence-electron chi connectivity index (χ0n) is 13.0. The molecule has 0 aliphatic heterocycles. The second kappa shape index (κ2) is 7.29. The summed E-state index contributed by atoms with van der Waals surface area (Å²) >= 11 is 0. The molecule has 0 heterocycles. The summed E-state index contributed by atoms with van der Waals surface area (Å²) in [5, 5.41) is 11.9. The summed E-state index contributed by atoms with van der Waals surface area (Å²) in [6.07, 6.45) is 2.18. The number of hydrogen-bond donors (Lipinski definition) is 2. The number of carboxylic acids is 1. The normalized spacial score (nSPS) is 20.9. The molecule has 2 rings (SSSR count). The van der Waals surface area contributed by atoms with Gasteiger partial charge < -0.3 is 15.2 Å². The molecule has 0 radical (unpaired) electrons. The zero-order valence-corrected chi connectivity index (χ0v) is 13.0. The van der Waals surface area contributed by atoms with Gasteiger partial charge in [-0.3, -0.25) is 9.59 Å². The van der Waals surface area contributed by atoms with Gasteiger partial charge in [0.25, 0.3) is 0 Å². The Morgan fingerprint density at radius 3 is 2.68 bits per heavy atom. The van der Waals surface area contributed by atoms with Crippen LogP contribution in [0.2, 0.25) is 0 Å². The van der Waals surface area contributed by atoms with Crippen LogP contribution in [0.15, 0.2) is 24.3 Å². The number of aliphatic carboxylic acids is 1. The number of hydrogen-bond acceptors (Lipinski definition) is 3. The van der Waals surface area contributed by atoms with Crippen molar-refractivity contribution in [1.29, 1.82) is 0 Å². The molecule has 1 saturated carbocycles. The molecular formula is C17H23NO4. The molecule has 1 aliphatic carbocycles. The van der Waals surface area contributed by atoms with E-state index < -0.39 is 5.97 Å². The summed E-state index contributed by atoms with van der Waals surface area (Å²) in [7, 11) is 0. The van der Waals surface area contributed by atoms with E-state index in [2.05, 4.69) is 5.32 Å². The zero-order chi connectivity index (χ0) is 16.1. The van der Waals surface area contributed by atoms with Gasteiger partial charge in [0.2, 0.25) is 5.91 Å². The molecule has 5 nitrogen and oxygen atoms in total. The van der Waals surface area contributed by atoms with Gasteiger partial charge in [0.15, 0.2) is 0 Å². The van der Waals surface area contributed by atoms with Crippen LogP contribution in [0, 0.1) is 5.92 Å². The molecule has 1 aliphatic rings. The number of benzene rings is 1. The lowest BCUT2D eigenvalue weighted by molar-refractivity contribution is -0.141. The van der Waals surface area contributed by atoms with E-state index in [1.165, 1.54) is 0 Å². The van der Waals surface area contributed by atoms with Gasteiger partial charge in [0, 0.05) is 11.6 Å². The van der Waals surface area contributed by atoms with Crippen LogP contribution in [-0.4, -0.2) is 29.1 Å². The second-order valence-electron chi connectivity index (χ2n) is 6.06. The predicted molar refractivity (Wildman–Crippen MR) is 82.8 cm³/mol. The molecule has 0 saturated heterocycles. The van der Waals surface area contributed by atoms with E-state index in [0.717, 1.165) is 17.7 Å². The highest BCUT2D eigenvalue weighted by Gasteiger charge is 2.30. The van der Waals surface area contributed by atoms with E-state index in [9.17, 15) is 9.59 Å². The number of nitrogens with one attached hydrogen (secondary N) is 1. The van der Waals surface area contributed by atoms with Crippen molar-refractivity contribution >= 4 is 11.9 Å². The molecule has 1 aromatic carbocycles. The van der Waals surface area contributed by atoms with E-state index in [1.54, 1.807) is 0 Å². The Hall–Kier alpha value is -2.04. The first-order valence-electron chi connectivity index (χ1n) is 7.72. The average Bonchev–Trinajstić information content (AvgIpc) is 2.89. The second-order valence-corrected chi connectivity index (χ2v) is 6.06. The smallest absolute Gasteiger partial charge is 0.306 e. The Balaban J connectivity index is 1.91. The van der Waals surface area contributed by atoms with E-state index in [4.69, 9.17) is 9.84 Å². The van der Waals surface area contributed by atoms with Crippen LogP contribution < -0.4 is 10.1 Å². The maximum atomic E-state index is 12.2. The van der Waals surface area contributed by atoms with Crippen molar-refractivity contribution in [2.24, 2.45) is 5.92 Å². The third kappa shape index (κ3) is 4.48. The summed E-state index contributed by atoms with van der Waals surface area (Å²) < 4.78 is 5.71. The fourth-order valence-electron chi connectivity index (χ4n) is 2.81. The molecule has 1 fully saturated rings. The summed E-state index contributed by atoms with van der Waals surface area (Å²) in [5.74, 6) is -0.465. The van der Waals surface area contributed by atoms with Crippen LogP contribution in [0.1, 0.15) is 38.7 Å². The molecule has 5 heteroatoms. The topological polar surface area (TPSA) is 75.6 Å². The Morgan fingerprint density at radius 2 is 2.05 bits per heavy atom. The van der Waals surface area contributed by atoms with Gasteiger partial charge in [-0.2, -0.15) is 0 Å². The molecule has 0 bridgehead atoms. The molecule has 120 valence electrons. The monoisotopic (exact) mass is 305 g/mol. The third-order valence-electron chi connectivity index (χ3n) is 3.83.